The van der Waals surface area contributed by atoms with Crippen LogP contribution in [0.1, 0.15) is 43.2 Å². The molecule has 0 spiro atoms. The van der Waals surface area contributed by atoms with Gasteiger partial charge in [-0.05, 0) is 31.4 Å². The molecule has 1 fully saturated rings. The predicted molar refractivity (Wildman–Crippen MR) is 79.4 cm³/mol. The summed E-state index contributed by atoms with van der Waals surface area (Å²) in [6.45, 7) is 2.11. The Kier molecular flexibility index (Phi) is 5.00. The van der Waals surface area contributed by atoms with Crippen LogP contribution in [-0.4, -0.2) is 18.5 Å². The van der Waals surface area contributed by atoms with Crippen LogP contribution < -0.4 is 10.6 Å². The van der Waals surface area contributed by atoms with E-state index >= 15 is 0 Å². The van der Waals surface area contributed by atoms with E-state index in [4.69, 9.17) is 5.26 Å². The summed E-state index contributed by atoms with van der Waals surface area (Å²) in [5.41, 5.74) is 2.26. The fourth-order valence-electron chi connectivity index (χ4n) is 2.66. The van der Waals surface area contributed by atoms with Crippen molar-refractivity contribution in [3.63, 3.8) is 0 Å². The standard InChI is InChI=1S/C16H21N3O/c1-12-6-5-9-15(14(12)10-17)18-11-16(20)19-13-7-3-2-4-8-13/h5-6,9,13,18H,2-4,7-8,11H2,1H3,(H,19,20). The van der Waals surface area contributed by atoms with Gasteiger partial charge >= 0.3 is 0 Å². The third kappa shape index (κ3) is 3.74. The van der Waals surface area contributed by atoms with Crippen molar-refractivity contribution in [3.05, 3.63) is 29.3 Å². The van der Waals surface area contributed by atoms with Crippen LogP contribution in [0.2, 0.25) is 0 Å². The molecule has 4 nitrogen and oxygen atoms in total. The first-order chi connectivity index (χ1) is 9.70. The van der Waals surface area contributed by atoms with Gasteiger partial charge in [0.1, 0.15) is 6.07 Å². The van der Waals surface area contributed by atoms with Crippen molar-refractivity contribution in [2.75, 3.05) is 11.9 Å². The molecule has 20 heavy (non-hydrogen) atoms. The molecule has 1 aromatic carbocycles. The Morgan fingerprint density at radius 1 is 1.35 bits per heavy atom. The third-order valence-corrected chi connectivity index (χ3v) is 3.79. The summed E-state index contributed by atoms with van der Waals surface area (Å²) >= 11 is 0. The van der Waals surface area contributed by atoms with Gasteiger partial charge < -0.3 is 10.6 Å². The zero-order valence-electron chi connectivity index (χ0n) is 11.9. The number of amides is 1. The van der Waals surface area contributed by atoms with Gasteiger partial charge in [0.25, 0.3) is 0 Å². The molecule has 2 rings (SSSR count). The summed E-state index contributed by atoms with van der Waals surface area (Å²) in [4.78, 5) is 11.9. The number of carbonyl (C=O) groups excluding carboxylic acids is 1. The van der Waals surface area contributed by atoms with Gasteiger partial charge in [0.05, 0.1) is 17.8 Å². The van der Waals surface area contributed by atoms with Gasteiger partial charge in [-0.15, -0.1) is 0 Å². The van der Waals surface area contributed by atoms with Crippen LogP contribution in [0.25, 0.3) is 0 Å². The molecular formula is C16H21N3O. The first kappa shape index (κ1) is 14.4. The number of nitriles is 1. The zero-order chi connectivity index (χ0) is 14.4. The number of hydrogen-bond donors (Lipinski definition) is 2. The largest absolute Gasteiger partial charge is 0.375 e. The van der Waals surface area contributed by atoms with E-state index < -0.39 is 0 Å². The van der Waals surface area contributed by atoms with E-state index in [1.54, 1.807) is 0 Å². The Balaban J connectivity index is 1.87. The number of anilines is 1. The lowest BCUT2D eigenvalue weighted by molar-refractivity contribution is -0.120. The number of rotatable bonds is 4. The van der Waals surface area contributed by atoms with Crippen LogP contribution in [0.5, 0.6) is 0 Å². The maximum absolute atomic E-state index is 11.9. The number of hydrogen-bond acceptors (Lipinski definition) is 3. The van der Waals surface area contributed by atoms with E-state index in [0.29, 0.717) is 11.6 Å². The molecule has 1 saturated carbocycles. The Morgan fingerprint density at radius 3 is 2.80 bits per heavy atom. The summed E-state index contributed by atoms with van der Waals surface area (Å²) in [6.07, 6.45) is 5.85. The SMILES string of the molecule is Cc1cccc(NCC(=O)NC2CCCCC2)c1C#N. The van der Waals surface area contributed by atoms with Crippen LogP contribution in [0, 0.1) is 18.3 Å². The molecule has 4 heteroatoms. The van der Waals surface area contributed by atoms with Crippen molar-refractivity contribution < 1.29 is 4.79 Å². The molecule has 1 aliphatic rings. The van der Waals surface area contributed by atoms with Crippen molar-refractivity contribution in [2.45, 2.75) is 45.1 Å². The highest BCUT2D eigenvalue weighted by Gasteiger charge is 2.15. The van der Waals surface area contributed by atoms with E-state index in [1.165, 1.54) is 19.3 Å². The summed E-state index contributed by atoms with van der Waals surface area (Å²) < 4.78 is 0. The highest BCUT2D eigenvalue weighted by molar-refractivity contribution is 5.81. The minimum atomic E-state index is 0.00213. The number of carbonyl (C=O) groups is 1. The molecular weight excluding hydrogens is 250 g/mol. The van der Waals surface area contributed by atoms with Crippen molar-refractivity contribution in [1.29, 1.82) is 5.26 Å². The van der Waals surface area contributed by atoms with Gasteiger partial charge in [0, 0.05) is 6.04 Å². The lowest BCUT2D eigenvalue weighted by Gasteiger charge is -2.23. The number of nitrogens with one attached hydrogen (secondary N) is 2. The fraction of sp³-hybridized carbons (Fsp3) is 0.500. The van der Waals surface area contributed by atoms with Crippen LogP contribution in [0.3, 0.4) is 0 Å². The molecule has 0 aliphatic heterocycles. The topological polar surface area (TPSA) is 64.9 Å². The van der Waals surface area contributed by atoms with Gasteiger partial charge in [-0.25, -0.2) is 0 Å². The summed E-state index contributed by atoms with van der Waals surface area (Å²) in [5, 5.41) is 15.3. The maximum atomic E-state index is 11.9. The summed E-state index contributed by atoms with van der Waals surface area (Å²) in [6, 6.07) is 8.11. The molecule has 0 heterocycles. The molecule has 0 radical (unpaired) electrons. The first-order valence-electron chi connectivity index (χ1n) is 7.23. The van der Waals surface area contributed by atoms with Gasteiger partial charge in [0.15, 0.2) is 0 Å². The minimum Gasteiger partial charge on any atom is -0.375 e. The Bertz CT molecular complexity index is 513. The molecule has 2 N–H and O–H groups in total. The Hall–Kier alpha value is -2.02. The minimum absolute atomic E-state index is 0.00213. The van der Waals surface area contributed by atoms with Crippen LogP contribution >= 0.6 is 0 Å². The van der Waals surface area contributed by atoms with Crippen LogP contribution in [-0.2, 0) is 4.79 Å². The van der Waals surface area contributed by atoms with E-state index in [0.717, 1.165) is 24.1 Å². The van der Waals surface area contributed by atoms with Gasteiger partial charge in [-0.1, -0.05) is 31.4 Å². The Labute approximate surface area is 120 Å². The van der Waals surface area contributed by atoms with E-state index in [9.17, 15) is 4.79 Å². The molecule has 1 aromatic rings. The lowest BCUT2D eigenvalue weighted by Crippen LogP contribution is -2.39. The van der Waals surface area contributed by atoms with Crippen molar-refractivity contribution >= 4 is 11.6 Å². The normalized spacial score (nSPS) is 15.4. The van der Waals surface area contributed by atoms with Crippen molar-refractivity contribution in [3.8, 4) is 6.07 Å². The summed E-state index contributed by atoms with van der Waals surface area (Å²) in [5.74, 6) is 0.00213. The van der Waals surface area contributed by atoms with Crippen LogP contribution in [0.15, 0.2) is 18.2 Å². The van der Waals surface area contributed by atoms with Crippen molar-refractivity contribution in [2.24, 2.45) is 0 Å². The highest BCUT2D eigenvalue weighted by Crippen LogP contribution is 2.19. The number of aryl methyl sites for hydroxylation is 1. The van der Waals surface area contributed by atoms with Gasteiger partial charge in [-0.2, -0.15) is 5.26 Å². The van der Waals surface area contributed by atoms with Gasteiger partial charge in [-0.3, -0.25) is 4.79 Å². The Morgan fingerprint density at radius 2 is 2.10 bits per heavy atom. The molecule has 0 aromatic heterocycles. The molecule has 0 saturated heterocycles. The molecule has 0 unspecified atom stereocenters. The smallest absolute Gasteiger partial charge is 0.239 e. The third-order valence-electron chi connectivity index (χ3n) is 3.79. The highest BCUT2D eigenvalue weighted by atomic mass is 16.1. The molecule has 1 amide bonds. The maximum Gasteiger partial charge on any atom is 0.239 e. The van der Waals surface area contributed by atoms with E-state index in [-0.39, 0.29) is 12.5 Å². The fourth-order valence-corrected chi connectivity index (χ4v) is 2.66. The quantitative estimate of drug-likeness (QED) is 0.885. The lowest BCUT2D eigenvalue weighted by atomic mass is 9.95. The summed E-state index contributed by atoms with van der Waals surface area (Å²) in [7, 11) is 0. The number of benzene rings is 1. The first-order valence-corrected chi connectivity index (χ1v) is 7.23. The average molecular weight is 271 g/mol. The molecule has 106 valence electrons. The second-order valence-corrected chi connectivity index (χ2v) is 5.37. The van der Waals surface area contributed by atoms with Gasteiger partial charge in [0.2, 0.25) is 5.91 Å². The zero-order valence-corrected chi connectivity index (χ0v) is 11.9. The van der Waals surface area contributed by atoms with Crippen molar-refractivity contribution in [1.82, 2.24) is 5.32 Å². The molecule has 0 atom stereocenters. The average Bonchev–Trinajstić information content (AvgIpc) is 2.46. The second kappa shape index (κ2) is 6.95. The monoisotopic (exact) mass is 271 g/mol. The van der Waals surface area contributed by atoms with E-state index in [1.807, 2.05) is 25.1 Å². The molecule has 0 bridgehead atoms. The molecule has 1 aliphatic carbocycles. The van der Waals surface area contributed by atoms with E-state index in [2.05, 4.69) is 16.7 Å². The predicted octanol–water partition coefficient (Wildman–Crippen LogP) is 2.73. The number of nitrogens with zero attached hydrogens (tertiary/aromatic N) is 1. The van der Waals surface area contributed by atoms with Crippen LogP contribution in [0.4, 0.5) is 5.69 Å². The second-order valence-electron chi connectivity index (χ2n) is 5.37.